The topological polar surface area (TPSA) is 61.8 Å². The van der Waals surface area contributed by atoms with E-state index >= 15 is 0 Å². The van der Waals surface area contributed by atoms with Gasteiger partial charge in [-0.05, 0) is 24.1 Å². The molecule has 0 aliphatic carbocycles. The SMILES string of the molecule is CC.COCCN1CCc2cc(C(=O)NO)cc(F)c2C1. The van der Waals surface area contributed by atoms with Crippen molar-refractivity contribution in [3.8, 4) is 0 Å². The third-order valence-electron chi connectivity index (χ3n) is 3.34. The number of halogens is 1. The van der Waals surface area contributed by atoms with E-state index in [0.717, 1.165) is 24.7 Å². The molecule has 0 saturated heterocycles. The fourth-order valence-electron chi connectivity index (χ4n) is 2.28. The molecule has 1 heterocycles. The number of fused-ring (bicyclic) bond motifs is 1. The fraction of sp³-hybridized carbons (Fsp3) is 0.533. The molecule has 6 heteroatoms. The molecule has 1 aromatic rings. The number of ether oxygens (including phenoxy) is 1. The van der Waals surface area contributed by atoms with Crippen LogP contribution in [0.25, 0.3) is 0 Å². The van der Waals surface area contributed by atoms with E-state index in [1.807, 2.05) is 13.8 Å². The number of carbonyl (C=O) groups excluding carboxylic acids is 1. The van der Waals surface area contributed by atoms with Gasteiger partial charge in [0.25, 0.3) is 5.91 Å². The smallest absolute Gasteiger partial charge is 0.274 e. The highest BCUT2D eigenvalue weighted by atomic mass is 19.1. The Morgan fingerprint density at radius 3 is 2.81 bits per heavy atom. The molecule has 1 aliphatic heterocycles. The summed E-state index contributed by atoms with van der Waals surface area (Å²) in [7, 11) is 1.64. The van der Waals surface area contributed by atoms with E-state index in [1.165, 1.54) is 5.48 Å². The van der Waals surface area contributed by atoms with E-state index in [1.54, 1.807) is 13.2 Å². The lowest BCUT2D eigenvalue weighted by Gasteiger charge is -2.29. The van der Waals surface area contributed by atoms with E-state index in [9.17, 15) is 9.18 Å². The second kappa shape index (κ2) is 8.71. The highest BCUT2D eigenvalue weighted by Crippen LogP contribution is 2.23. The second-order valence-electron chi connectivity index (χ2n) is 4.56. The van der Waals surface area contributed by atoms with Gasteiger partial charge in [0.2, 0.25) is 0 Å². The van der Waals surface area contributed by atoms with Crippen LogP contribution in [-0.4, -0.2) is 42.8 Å². The Labute approximate surface area is 124 Å². The van der Waals surface area contributed by atoms with Crippen molar-refractivity contribution in [2.75, 3.05) is 26.8 Å². The summed E-state index contributed by atoms with van der Waals surface area (Å²) < 4.78 is 19.0. The zero-order chi connectivity index (χ0) is 15.8. The van der Waals surface area contributed by atoms with Crippen LogP contribution < -0.4 is 5.48 Å². The summed E-state index contributed by atoms with van der Waals surface area (Å²) >= 11 is 0. The summed E-state index contributed by atoms with van der Waals surface area (Å²) in [6.45, 7) is 6.70. The number of hydrogen-bond donors (Lipinski definition) is 2. The molecule has 2 N–H and O–H groups in total. The van der Waals surface area contributed by atoms with E-state index in [-0.39, 0.29) is 5.56 Å². The summed E-state index contributed by atoms with van der Waals surface area (Å²) in [4.78, 5) is 13.4. The van der Waals surface area contributed by atoms with E-state index in [4.69, 9.17) is 9.94 Å². The summed E-state index contributed by atoms with van der Waals surface area (Å²) in [5.41, 5.74) is 3.11. The predicted octanol–water partition coefficient (Wildman–Crippen LogP) is 1.98. The van der Waals surface area contributed by atoms with Crippen LogP contribution in [0.5, 0.6) is 0 Å². The largest absolute Gasteiger partial charge is 0.383 e. The van der Waals surface area contributed by atoms with Crippen molar-refractivity contribution in [2.24, 2.45) is 0 Å². The second-order valence-corrected chi connectivity index (χ2v) is 4.56. The zero-order valence-corrected chi connectivity index (χ0v) is 12.8. The van der Waals surface area contributed by atoms with Crippen molar-refractivity contribution < 1.29 is 19.1 Å². The number of carbonyl (C=O) groups is 1. The molecule has 1 aromatic carbocycles. The quantitative estimate of drug-likeness (QED) is 0.659. The maximum atomic E-state index is 14.0. The normalized spacial score (nSPS) is 14.0. The summed E-state index contributed by atoms with van der Waals surface area (Å²) in [5, 5.41) is 8.58. The highest BCUT2D eigenvalue weighted by molar-refractivity contribution is 5.93. The first-order chi connectivity index (χ1) is 10.2. The number of hydrogen-bond acceptors (Lipinski definition) is 4. The summed E-state index contributed by atoms with van der Waals surface area (Å²) in [5.74, 6) is -1.10. The Bertz CT molecular complexity index is 480. The Hall–Kier alpha value is -1.50. The molecule has 0 atom stereocenters. The van der Waals surface area contributed by atoms with Gasteiger partial charge in [0.1, 0.15) is 5.82 Å². The minimum Gasteiger partial charge on any atom is -0.383 e. The average molecular weight is 298 g/mol. The molecule has 2 rings (SSSR count). The van der Waals surface area contributed by atoms with Crippen molar-refractivity contribution in [1.82, 2.24) is 10.4 Å². The van der Waals surface area contributed by atoms with Crippen molar-refractivity contribution >= 4 is 5.91 Å². The van der Waals surface area contributed by atoms with Gasteiger partial charge in [0.15, 0.2) is 0 Å². The van der Waals surface area contributed by atoms with Crippen LogP contribution in [0, 0.1) is 5.82 Å². The van der Waals surface area contributed by atoms with Crippen LogP contribution in [0.3, 0.4) is 0 Å². The van der Waals surface area contributed by atoms with Crippen LogP contribution in [0.4, 0.5) is 4.39 Å². The first kappa shape index (κ1) is 17.6. The number of benzene rings is 1. The van der Waals surface area contributed by atoms with Gasteiger partial charge in [-0.1, -0.05) is 13.8 Å². The maximum Gasteiger partial charge on any atom is 0.274 e. The number of rotatable bonds is 4. The van der Waals surface area contributed by atoms with Gasteiger partial charge in [-0.2, -0.15) is 0 Å². The van der Waals surface area contributed by atoms with Crippen LogP contribution in [0.2, 0.25) is 0 Å². The number of nitrogens with zero attached hydrogens (tertiary/aromatic N) is 1. The van der Waals surface area contributed by atoms with E-state index in [0.29, 0.717) is 25.1 Å². The van der Waals surface area contributed by atoms with Crippen LogP contribution in [0.15, 0.2) is 12.1 Å². The van der Waals surface area contributed by atoms with Gasteiger partial charge in [-0.15, -0.1) is 0 Å². The van der Waals surface area contributed by atoms with Gasteiger partial charge in [-0.3, -0.25) is 14.9 Å². The molecule has 0 bridgehead atoms. The molecule has 0 aromatic heterocycles. The molecular weight excluding hydrogens is 275 g/mol. The molecule has 0 unspecified atom stereocenters. The van der Waals surface area contributed by atoms with E-state index < -0.39 is 11.7 Å². The molecule has 21 heavy (non-hydrogen) atoms. The van der Waals surface area contributed by atoms with Crippen molar-refractivity contribution in [3.63, 3.8) is 0 Å². The molecule has 1 aliphatic rings. The molecule has 0 radical (unpaired) electrons. The Balaban J connectivity index is 0.00000106. The molecule has 0 fully saturated rings. The first-order valence-corrected chi connectivity index (χ1v) is 7.12. The Kier molecular flexibility index (Phi) is 7.28. The van der Waals surface area contributed by atoms with Crippen molar-refractivity contribution in [1.29, 1.82) is 0 Å². The lowest BCUT2D eigenvalue weighted by molar-refractivity contribution is 0.0705. The number of hydroxylamine groups is 1. The van der Waals surface area contributed by atoms with Crippen molar-refractivity contribution in [3.05, 3.63) is 34.6 Å². The van der Waals surface area contributed by atoms with Crippen molar-refractivity contribution in [2.45, 2.75) is 26.8 Å². The Morgan fingerprint density at radius 2 is 2.19 bits per heavy atom. The first-order valence-electron chi connectivity index (χ1n) is 7.12. The third kappa shape index (κ3) is 4.49. The summed E-state index contributed by atoms with van der Waals surface area (Å²) in [6.07, 6.45) is 0.683. The number of nitrogens with one attached hydrogen (secondary N) is 1. The monoisotopic (exact) mass is 298 g/mol. The molecule has 118 valence electrons. The average Bonchev–Trinajstić information content (AvgIpc) is 2.54. The minimum absolute atomic E-state index is 0.143. The zero-order valence-electron chi connectivity index (χ0n) is 12.8. The number of methoxy groups -OCH3 is 1. The standard InChI is InChI=1S/C13H17FN2O3.C2H6/c1-19-5-4-16-3-2-9-6-10(13(17)15-18)7-12(14)11(9)8-16;1-2/h6-7,18H,2-5,8H2,1H3,(H,15,17);1-2H3. The maximum absolute atomic E-state index is 14.0. The third-order valence-corrected chi connectivity index (χ3v) is 3.34. The predicted molar refractivity (Wildman–Crippen MR) is 77.9 cm³/mol. The lowest BCUT2D eigenvalue weighted by Crippen LogP contribution is -2.34. The molecule has 0 spiro atoms. The van der Waals surface area contributed by atoms with Crippen LogP contribution in [0.1, 0.15) is 35.3 Å². The van der Waals surface area contributed by atoms with E-state index in [2.05, 4.69) is 4.90 Å². The fourth-order valence-corrected chi connectivity index (χ4v) is 2.28. The van der Waals surface area contributed by atoms with Crippen LogP contribution in [-0.2, 0) is 17.7 Å². The molecule has 5 nitrogen and oxygen atoms in total. The molecular formula is C15H23FN2O3. The summed E-state index contributed by atoms with van der Waals surface area (Å²) in [6, 6.07) is 2.79. The van der Waals surface area contributed by atoms with Crippen LogP contribution >= 0.6 is 0 Å². The lowest BCUT2D eigenvalue weighted by atomic mass is 9.96. The number of amides is 1. The van der Waals surface area contributed by atoms with Gasteiger partial charge >= 0.3 is 0 Å². The van der Waals surface area contributed by atoms with Gasteiger partial charge in [-0.25, -0.2) is 9.87 Å². The van der Waals surface area contributed by atoms with Gasteiger partial charge in [0, 0.05) is 37.9 Å². The molecule has 1 amide bonds. The van der Waals surface area contributed by atoms with Gasteiger partial charge < -0.3 is 4.74 Å². The van der Waals surface area contributed by atoms with Gasteiger partial charge in [0.05, 0.1) is 6.61 Å². The molecule has 0 saturated carbocycles. The highest BCUT2D eigenvalue weighted by Gasteiger charge is 2.21. The Morgan fingerprint density at radius 1 is 1.48 bits per heavy atom. The minimum atomic E-state index is -0.691.